The van der Waals surface area contributed by atoms with E-state index in [0.717, 1.165) is 6.54 Å². The molecule has 0 saturated heterocycles. The maximum Gasteiger partial charge on any atom is 0.253 e. The van der Waals surface area contributed by atoms with E-state index in [1.54, 1.807) is 24.1 Å². The first-order valence-corrected chi connectivity index (χ1v) is 6.83. The van der Waals surface area contributed by atoms with Crippen molar-refractivity contribution in [1.29, 1.82) is 0 Å². The number of halogens is 1. The summed E-state index contributed by atoms with van der Waals surface area (Å²) in [5, 5.41) is 3.37. The number of hydrogen-bond donors (Lipinski definition) is 1. The van der Waals surface area contributed by atoms with Gasteiger partial charge < -0.3 is 19.7 Å². The van der Waals surface area contributed by atoms with Crippen molar-refractivity contribution < 1.29 is 14.3 Å². The van der Waals surface area contributed by atoms with E-state index >= 15 is 0 Å². The molecule has 20 heavy (non-hydrogen) atoms. The highest BCUT2D eigenvalue weighted by Crippen LogP contribution is 2.36. The molecule has 0 aromatic heterocycles. The van der Waals surface area contributed by atoms with Gasteiger partial charge in [0.15, 0.2) is 11.5 Å². The smallest absolute Gasteiger partial charge is 0.253 e. The molecule has 0 aliphatic carbocycles. The fourth-order valence-electron chi connectivity index (χ4n) is 1.73. The number of hydrogen-bond acceptors (Lipinski definition) is 4. The van der Waals surface area contributed by atoms with Gasteiger partial charge in [0.25, 0.3) is 5.91 Å². The Labute approximate surface area is 124 Å². The van der Waals surface area contributed by atoms with Gasteiger partial charge in [0.2, 0.25) is 0 Å². The van der Waals surface area contributed by atoms with Crippen molar-refractivity contribution in [3.63, 3.8) is 0 Å². The molecule has 0 radical (unpaired) electrons. The van der Waals surface area contributed by atoms with E-state index in [4.69, 9.17) is 21.1 Å². The van der Waals surface area contributed by atoms with Crippen LogP contribution in [-0.2, 0) is 0 Å². The van der Waals surface area contributed by atoms with Crippen LogP contribution >= 0.6 is 11.6 Å². The van der Waals surface area contributed by atoms with Gasteiger partial charge in [0.05, 0.1) is 18.7 Å². The highest BCUT2D eigenvalue weighted by atomic mass is 35.5. The molecular formula is C14H21ClN2O3. The van der Waals surface area contributed by atoms with E-state index < -0.39 is 0 Å². The maximum absolute atomic E-state index is 12.3. The molecule has 0 atom stereocenters. The van der Waals surface area contributed by atoms with Crippen molar-refractivity contribution in [3.8, 4) is 11.5 Å². The van der Waals surface area contributed by atoms with Gasteiger partial charge in [-0.1, -0.05) is 11.6 Å². The van der Waals surface area contributed by atoms with Crippen LogP contribution in [0, 0.1) is 0 Å². The number of amides is 1. The van der Waals surface area contributed by atoms with Crippen molar-refractivity contribution >= 4 is 17.5 Å². The summed E-state index contributed by atoms with van der Waals surface area (Å²) in [6.07, 6.45) is 0. The molecule has 0 unspecified atom stereocenters. The number of nitrogens with zero attached hydrogens (tertiary/aromatic N) is 1. The van der Waals surface area contributed by atoms with Crippen molar-refractivity contribution in [2.24, 2.45) is 0 Å². The summed E-state index contributed by atoms with van der Waals surface area (Å²) in [7, 11) is 5.11. The van der Waals surface area contributed by atoms with Crippen LogP contribution in [0.1, 0.15) is 17.3 Å². The first-order chi connectivity index (χ1) is 9.54. The van der Waals surface area contributed by atoms with Crippen LogP contribution in [-0.4, -0.2) is 51.7 Å². The summed E-state index contributed by atoms with van der Waals surface area (Å²) in [6, 6.07) is 3.25. The first kappa shape index (κ1) is 16.6. The van der Waals surface area contributed by atoms with E-state index in [-0.39, 0.29) is 5.91 Å². The molecule has 6 heteroatoms. The summed E-state index contributed by atoms with van der Waals surface area (Å²) in [4.78, 5) is 13.9. The molecule has 0 heterocycles. The Bertz CT molecular complexity index is 466. The summed E-state index contributed by atoms with van der Waals surface area (Å²) in [5.74, 6) is 0.819. The van der Waals surface area contributed by atoms with Crippen molar-refractivity contribution in [3.05, 3.63) is 22.7 Å². The Balaban J connectivity index is 3.01. The van der Waals surface area contributed by atoms with Crippen LogP contribution in [0.15, 0.2) is 12.1 Å². The summed E-state index contributed by atoms with van der Waals surface area (Å²) in [5.41, 5.74) is 0.480. The molecule has 1 aromatic carbocycles. The number of methoxy groups -OCH3 is 1. The van der Waals surface area contributed by atoms with Crippen LogP contribution in [0.5, 0.6) is 11.5 Å². The lowest BCUT2D eigenvalue weighted by Gasteiger charge is -2.18. The van der Waals surface area contributed by atoms with Gasteiger partial charge in [-0.15, -0.1) is 0 Å². The molecule has 0 aliphatic rings. The molecule has 0 saturated carbocycles. The topological polar surface area (TPSA) is 50.8 Å². The zero-order chi connectivity index (χ0) is 15.1. The average molecular weight is 301 g/mol. The van der Waals surface area contributed by atoms with Gasteiger partial charge in [0, 0.05) is 25.7 Å². The second-order valence-corrected chi connectivity index (χ2v) is 4.66. The monoisotopic (exact) mass is 300 g/mol. The predicted molar refractivity (Wildman–Crippen MR) is 80.1 cm³/mol. The summed E-state index contributed by atoms with van der Waals surface area (Å²) in [6.45, 7) is 3.68. The minimum absolute atomic E-state index is 0.108. The number of carbonyl (C=O) groups excluding carboxylic acids is 1. The SMILES string of the molecule is CCOc1c(Cl)cc(C(=O)N(C)CCNC)cc1OC. The lowest BCUT2D eigenvalue weighted by Crippen LogP contribution is -2.32. The van der Waals surface area contributed by atoms with Crippen LogP contribution in [0.2, 0.25) is 5.02 Å². The largest absolute Gasteiger partial charge is 0.493 e. The van der Waals surface area contributed by atoms with Crippen LogP contribution in [0.3, 0.4) is 0 Å². The van der Waals surface area contributed by atoms with Gasteiger partial charge in [-0.2, -0.15) is 0 Å². The summed E-state index contributed by atoms with van der Waals surface area (Å²) < 4.78 is 10.7. The van der Waals surface area contributed by atoms with Crippen molar-refractivity contribution in [2.45, 2.75) is 6.92 Å². The molecule has 1 amide bonds. The number of likely N-dealkylation sites (N-methyl/N-ethyl adjacent to an activating group) is 2. The number of nitrogens with one attached hydrogen (secondary N) is 1. The fraction of sp³-hybridized carbons (Fsp3) is 0.500. The average Bonchev–Trinajstić information content (AvgIpc) is 2.45. The minimum Gasteiger partial charge on any atom is -0.493 e. The Morgan fingerprint density at radius 3 is 2.70 bits per heavy atom. The second kappa shape index (κ2) is 7.97. The molecular weight excluding hydrogens is 280 g/mol. The third kappa shape index (κ3) is 4.02. The van der Waals surface area contributed by atoms with E-state index in [2.05, 4.69) is 5.32 Å². The quantitative estimate of drug-likeness (QED) is 0.837. The van der Waals surface area contributed by atoms with Crippen molar-refractivity contribution in [2.75, 3.05) is 40.9 Å². The van der Waals surface area contributed by atoms with Gasteiger partial charge in [-0.3, -0.25) is 4.79 Å². The van der Waals surface area contributed by atoms with Crippen LogP contribution in [0.4, 0.5) is 0 Å². The Kier molecular flexibility index (Phi) is 6.61. The molecule has 1 aromatic rings. The van der Waals surface area contributed by atoms with Crippen molar-refractivity contribution in [1.82, 2.24) is 10.2 Å². The summed E-state index contributed by atoms with van der Waals surface area (Å²) >= 11 is 6.16. The maximum atomic E-state index is 12.3. The van der Waals surface area contributed by atoms with E-state index in [1.807, 2.05) is 14.0 Å². The second-order valence-electron chi connectivity index (χ2n) is 4.25. The number of ether oxygens (including phenoxy) is 2. The zero-order valence-electron chi connectivity index (χ0n) is 12.3. The molecule has 0 spiro atoms. The first-order valence-electron chi connectivity index (χ1n) is 6.45. The van der Waals surface area contributed by atoms with Crippen LogP contribution in [0.25, 0.3) is 0 Å². The third-order valence-electron chi connectivity index (χ3n) is 2.81. The molecule has 5 nitrogen and oxygen atoms in total. The molecule has 0 aliphatic heterocycles. The van der Waals surface area contributed by atoms with Gasteiger partial charge in [0.1, 0.15) is 0 Å². The Morgan fingerprint density at radius 1 is 1.45 bits per heavy atom. The van der Waals surface area contributed by atoms with Gasteiger partial charge in [-0.25, -0.2) is 0 Å². The number of rotatable bonds is 7. The third-order valence-corrected chi connectivity index (χ3v) is 3.09. The molecule has 0 bridgehead atoms. The fourth-order valence-corrected chi connectivity index (χ4v) is 1.99. The standard InChI is InChI=1S/C14H21ClN2O3/c1-5-20-13-11(15)8-10(9-12(13)19-4)14(18)17(3)7-6-16-2/h8-9,16H,5-7H2,1-4H3. The Hall–Kier alpha value is -1.46. The van der Waals surface area contributed by atoms with Gasteiger partial charge >= 0.3 is 0 Å². The zero-order valence-corrected chi connectivity index (χ0v) is 13.1. The molecule has 1 rings (SSSR count). The highest BCUT2D eigenvalue weighted by molar-refractivity contribution is 6.32. The number of carbonyl (C=O) groups is 1. The molecule has 1 N–H and O–H groups in total. The lowest BCUT2D eigenvalue weighted by atomic mass is 10.1. The number of benzene rings is 1. The van der Waals surface area contributed by atoms with Gasteiger partial charge in [-0.05, 0) is 26.1 Å². The normalized spacial score (nSPS) is 10.2. The predicted octanol–water partition coefficient (Wildman–Crippen LogP) is 2.04. The lowest BCUT2D eigenvalue weighted by molar-refractivity contribution is 0.0796. The van der Waals surface area contributed by atoms with Crippen LogP contribution < -0.4 is 14.8 Å². The minimum atomic E-state index is -0.108. The van der Waals surface area contributed by atoms with E-state index in [0.29, 0.717) is 35.2 Å². The molecule has 0 fully saturated rings. The molecule has 112 valence electrons. The Morgan fingerprint density at radius 2 is 2.15 bits per heavy atom. The highest BCUT2D eigenvalue weighted by Gasteiger charge is 2.17. The van der Waals surface area contributed by atoms with E-state index in [1.165, 1.54) is 7.11 Å². The van der Waals surface area contributed by atoms with E-state index in [9.17, 15) is 4.79 Å².